The number of aliphatic hydroxyl groups is 1. The minimum absolute atomic E-state index is 0. The Balaban J connectivity index is 0.00000401. The summed E-state index contributed by atoms with van der Waals surface area (Å²) in [6, 6.07) is 38.7. The fourth-order valence-corrected chi connectivity index (χ4v) is 6.33. The van der Waals surface area contributed by atoms with Crippen molar-refractivity contribution in [1.29, 1.82) is 0 Å². The van der Waals surface area contributed by atoms with Gasteiger partial charge in [0.15, 0.2) is 0 Å². The summed E-state index contributed by atoms with van der Waals surface area (Å²) in [5, 5.41) is 18.2. The van der Waals surface area contributed by atoms with Crippen LogP contribution < -0.4 is 0 Å². The van der Waals surface area contributed by atoms with E-state index in [-0.39, 0.29) is 31.0 Å². The maximum absolute atomic E-state index is 10.7. The summed E-state index contributed by atoms with van der Waals surface area (Å²) in [6.07, 6.45) is 0.235. The van der Waals surface area contributed by atoms with Crippen molar-refractivity contribution in [2.24, 2.45) is 0 Å². The zero-order valence-corrected chi connectivity index (χ0v) is 29.8. The molecule has 0 aliphatic carbocycles. The van der Waals surface area contributed by atoms with Crippen molar-refractivity contribution in [3.8, 4) is 34.8 Å². The Bertz CT molecular complexity index is 2270. The molecule has 0 aliphatic heterocycles. The Morgan fingerprint density at radius 2 is 0.938 bits per heavy atom. The molecule has 0 amide bonds. The molecule has 0 saturated carbocycles. The van der Waals surface area contributed by atoms with E-state index in [0.717, 1.165) is 33.4 Å². The van der Waals surface area contributed by atoms with Gasteiger partial charge in [0.05, 0.1) is 0 Å². The molecule has 0 aliphatic rings. The van der Waals surface area contributed by atoms with E-state index in [1.807, 2.05) is 36.4 Å². The SMILES string of the molecule is Cc1ccc(C#Cc2cc([C-](C)O)cc(C#Cc3ccc(C)cc3)c2-c2cc3ccc4cc(C(C)(C)C)cc5ccc(c2)c3c45)cc1.[Rh]. The van der Waals surface area contributed by atoms with Crippen LogP contribution in [0.5, 0.6) is 0 Å². The van der Waals surface area contributed by atoms with E-state index in [0.29, 0.717) is 5.56 Å². The second-order valence-corrected chi connectivity index (χ2v) is 13.7. The van der Waals surface area contributed by atoms with E-state index in [4.69, 9.17) is 0 Å². The smallest absolute Gasteiger partial charge is 0.0248 e. The Morgan fingerprint density at radius 1 is 0.542 bits per heavy atom. The number of aliphatic hydroxyl groups excluding tert-OH is 1. The van der Waals surface area contributed by atoms with E-state index in [9.17, 15) is 5.11 Å². The van der Waals surface area contributed by atoms with E-state index in [2.05, 4.69) is 131 Å². The summed E-state index contributed by atoms with van der Waals surface area (Å²) in [5.74, 6) is 13.7. The molecular weight excluding hydrogens is 671 g/mol. The van der Waals surface area contributed by atoms with Gasteiger partial charge in [-0.1, -0.05) is 129 Å². The largest absolute Gasteiger partial charge is 0.426 e. The fourth-order valence-electron chi connectivity index (χ4n) is 6.33. The first-order valence-electron chi connectivity index (χ1n) is 16.2. The molecule has 2 heteroatoms. The van der Waals surface area contributed by atoms with E-state index < -0.39 is 0 Å². The summed E-state index contributed by atoms with van der Waals surface area (Å²) in [6.45, 7) is 12.7. The Labute approximate surface area is 297 Å². The van der Waals surface area contributed by atoms with Crippen LogP contribution >= 0.6 is 0 Å². The van der Waals surface area contributed by atoms with Crippen LogP contribution in [0.1, 0.15) is 72.2 Å². The number of benzene rings is 7. The molecule has 7 aromatic rings. The minimum atomic E-state index is 0. The van der Waals surface area contributed by atoms with E-state index in [1.54, 1.807) is 6.92 Å². The van der Waals surface area contributed by atoms with Crippen LogP contribution in [0.25, 0.3) is 43.4 Å². The van der Waals surface area contributed by atoms with Crippen molar-refractivity contribution >= 4 is 32.3 Å². The number of rotatable bonds is 2. The predicted octanol–water partition coefficient (Wildman–Crippen LogP) is 11.2. The van der Waals surface area contributed by atoms with Crippen molar-refractivity contribution in [2.45, 2.75) is 47.0 Å². The first-order chi connectivity index (χ1) is 22.5. The van der Waals surface area contributed by atoms with Crippen molar-refractivity contribution in [3.63, 3.8) is 0 Å². The van der Waals surface area contributed by atoms with Gasteiger partial charge in [0.1, 0.15) is 0 Å². The molecule has 1 nitrogen and oxygen atoms in total. The van der Waals surface area contributed by atoms with Gasteiger partial charge in [0, 0.05) is 30.6 Å². The Morgan fingerprint density at radius 3 is 1.31 bits per heavy atom. The molecule has 0 heterocycles. The van der Waals surface area contributed by atoms with Gasteiger partial charge in [-0.05, 0) is 116 Å². The van der Waals surface area contributed by atoms with Crippen LogP contribution in [0.4, 0.5) is 0 Å². The summed E-state index contributed by atoms with van der Waals surface area (Å²) in [7, 11) is 0. The molecule has 0 saturated heterocycles. The zero-order valence-electron chi connectivity index (χ0n) is 28.2. The van der Waals surface area contributed by atoms with Crippen molar-refractivity contribution < 1.29 is 24.6 Å². The molecular formula is C46H37ORh-. The molecule has 48 heavy (non-hydrogen) atoms. The third kappa shape index (κ3) is 6.48. The minimum Gasteiger partial charge on any atom is -0.426 e. The molecule has 0 bridgehead atoms. The van der Waals surface area contributed by atoms with Crippen molar-refractivity contribution in [2.75, 3.05) is 0 Å². The molecule has 237 valence electrons. The fraction of sp³-hybridized carbons (Fsp3) is 0.152. The molecule has 0 fully saturated rings. The monoisotopic (exact) mass is 708 g/mol. The third-order valence-electron chi connectivity index (χ3n) is 9.03. The molecule has 0 unspecified atom stereocenters. The summed E-state index contributed by atoms with van der Waals surface area (Å²) >= 11 is 0. The van der Waals surface area contributed by atoms with Gasteiger partial charge < -0.3 is 5.11 Å². The maximum Gasteiger partial charge on any atom is 0.0248 e. The second-order valence-electron chi connectivity index (χ2n) is 13.7. The average Bonchev–Trinajstić information content (AvgIpc) is 3.05. The molecule has 7 rings (SSSR count). The molecule has 0 spiro atoms. The van der Waals surface area contributed by atoms with Crippen LogP contribution in [0.3, 0.4) is 0 Å². The van der Waals surface area contributed by atoms with Crippen molar-refractivity contribution in [1.82, 2.24) is 0 Å². The van der Waals surface area contributed by atoms with Gasteiger partial charge in [-0.25, -0.2) is 0 Å². The summed E-state index contributed by atoms with van der Waals surface area (Å²) in [5.41, 5.74) is 10.1. The topological polar surface area (TPSA) is 20.2 Å². The zero-order chi connectivity index (χ0) is 32.9. The number of aryl methyl sites for hydroxylation is 2. The van der Waals surface area contributed by atoms with E-state index in [1.165, 1.54) is 49.0 Å². The second kappa shape index (κ2) is 13.0. The number of hydrogen-bond acceptors (Lipinski definition) is 1. The van der Waals surface area contributed by atoms with E-state index >= 15 is 0 Å². The summed E-state index contributed by atoms with van der Waals surface area (Å²) in [4.78, 5) is 0. The molecule has 1 N–H and O–H groups in total. The average molecular weight is 709 g/mol. The third-order valence-corrected chi connectivity index (χ3v) is 9.03. The standard InChI is InChI=1S/C46H37O.Rh/c1-29-7-11-32(12-8-29)15-17-34-23-40(31(3)47)24-35(18-16-33-13-9-30(2)10-14-33)43(34)41-25-36-19-21-38-27-42(46(4,5)6)28-39-22-20-37(26-41)44(36)45(38)39;/h7-14,19-28,47H,1-6H3;/q-1;. The molecule has 1 radical (unpaired) electrons. The first-order valence-corrected chi connectivity index (χ1v) is 16.2. The van der Waals surface area contributed by atoms with Crippen LogP contribution in [0, 0.1) is 43.6 Å². The van der Waals surface area contributed by atoms with Crippen LogP contribution in [-0.4, -0.2) is 5.11 Å². The van der Waals surface area contributed by atoms with Gasteiger partial charge in [-0.3, -0.25) is 0 Å². The van der Waals surface area contributed by atoms with Crippen LogP contribution in [0.2, 0.25) is 0 Å². The van der Waals surface area contributed by atoms with Gasteiger partial charge in [0.25, 0.3) is 0 Å². The predicted molar refractivity (Wildman–Crippen MR) is 199 cm³/mol. The normalized spacial score (nSPS) is 11.1. The quantitative estimate of drug-likeness (QED) is 0.0821. The number of hydrogen-bond donors (Lipinski definition) is 1. The molecule has 0 aromatic heterocycles. The molecule has 0 atom stereocenters. The van der Waals surface area contributed by atoms with Crippen LogP contribution in [0.15, 0.2) is 109 Å². The van der Waals surface area contributed by atoms with Gasteiger partial charge in [-0.15, -0.1) is 12.1 Å². The molecule has 7 aromatic carbocycles. The maximum atomic E-state index is 10.7. The Hall–Kier alpha value is -4.85. The van der Waals surface area contributed by atoms with Crippen LogP contribution in [-0.2, 0) is 24.9 Å². The van der Waals surface area contributed by atoms with Gasteiger partial charge >= 0.3 is 0 Å². The van der Waals surface area contributed by atoms with Gasteiger partial charge in [-0.2, -0.15) is 5.56 Å². The van der Waals surface area contributed by atoms with Gasteiger partial charge in [0.2, 0.25) is 0 Å². The Kier molecular flexibility index (Phi) is 8.94. The summed E-state index contributed by atoms with van der Waals surface area (Å²) < 4.78 is 0. The van der Waals surface area contributed by atoms with Crippen molar-refractivity contribution in [3.05, 3.63) is 160 Å². The first kappa shape index (κ1) is 33.1.